The third kappa shape index (κ3) is 3.85. The third-order valence-corrected chi connectivity index (χ3v) is 6.97. The molecule has 0 radical (unpaired) electrons. The monoisotopic (exact) mass is 471 g/mol. The zero-order valence-corrected chi connectivity index (χ0v) is 19.5. The van der Waals surface area contributed by atoms with Gasteiger partial charge in [-0.1, -0.05) is 31.2 Å². The molecule has 8 nitrogen and oxygen atoms in total. The molecule has 0 bridgehead atoms. The lowest BCUT2D eigenvalue weighted by molar-refractivity contribution is 0.172. The summed E-state index contributed by atoms with van der Waals surface area (Å²) in [5.74, 6) is -0.359. The van der Waals surface area contributed by atoms with E-state index in [2.05, 4.69) is 61.4 Å². The highest BCUT2D eigenvalue weighted by atomic mass is 19.1. The van der Waals surface area contributed by atoms with Crippen molar-refractivity contribution in [2.45, 2.75) is 44.7 Å². The van der Waals surface area contributed by atoms with E-state index < -0.39 is 11.4 Å². The summed E-state index contributed by atoms with van der Waals surface area (Å²) < 4.78 is 16.3. The fraction of sp³-hybridized carbons (Fsp3) is 0.346. The minimum Gasteiger partial charge on any atom is -0.299 e. The highest BCUT2D eigenvalue weighted by Gasteiger charge is 2.35. The van der Waals surface area contributed by atoms with E-state index in [0.29, 0.717) is 23.3 Å². The number of nitrogens with zero attached hydrogens (tertiary/aromatic N) is 6. The average molecular weight is 472 g/mol. The molecule has 2 aliphatic heterocycles. The number of likely N-dealkylation sites (tertiary alicyclic amines) is 1. The Bertz CT molecular complexity index is 1470. The van der Waals surface area contributed by atoms with Crippen molar-refractivity contribution in [1.29, 1.82) is 0 Å². The highest BCUT2D eigenvalue weighted by molar-refractivity contribution is 5.97. The molecule has 178 valence electrons. The van der Waals surface area contributed by atoms with Crippen LogP contribution in [0.25, 0.3) is 10.8 Å². The van der Waals surface area contributed by atoms with Gasteiger partial charge in [0.05, 0.1) is 22.7 Å². The molecular weight excluding hydrogens is 445 g/mol. The van der Waals surface area contributed by atoms with Gasteiger partial charge in [-0.25, -0.2) is 19.2 Å². The number of H-pyrrole nitrogens is 1. The molecule has 1 saturated heterocycles. The van der Waals surface area contributed by atoms with Crippen LogP contribution in [0.1, 0.15) is 54.2 Å². The minimum atomic E-state index is -0.508. The molecule has 2 atom stereocenters. The summed E-state index contributed by atoms with van der Waals surface area (Å²) in [5.41, 5.74) is 2.89. The van der Waals surface area contributed by atoms with Crippen LogP contribution in [0.3, 0.4) is 0 Å². The quantitative estimate of drug-likeness (QED) is 0.461. The van der Waals surface area contributed by atoms with Crippen LogP contribution in [0.4, 0.5) is 10.1 Å². The molecule has 9 heteroatoms. The van der Waals surface area contributed by atoms with Gasteiger partial charge in [0.2, 0.25) is 0 Å². The molecule has 6 rings (SSSR count). The fourth-order valence-corrected chi connectivity index (χ4v) is 5.11. The summed E-state index contributed by atoms with van der Waals surface area (Å²) in [5, 5.41) is 12.3. The standard InChI is InChI=1S/C26H26FN7O/c1-2-8-34-25(29-15-30-34)23-20(17-6-4-16(5-7-17)14-33-9-3-10-33)13-28-21-12-18(27)11-19-22(21)24(23)31-32-26(19)35/h4-7,11-13,15,20,23H,2-3,8-10,14H2,1H3,(H,32,35). The number of benzene rings is 2. The molecule has 2 unspecified atom stereocenters. The van der Waals surface area contributed by atoms with E-state index in [4.69, 9.17) is 0 Å². The molecule has 4 heterocycles. The smallest absolute Gasteiger partial charge is 0.272 e. The van der Waals surface area contributed by atoms with Crippen LogP contribution < -0.4 is 5.56 Å². The summed E-state index contributed by atoms with van der Waals surface area (Å²) in [6.45, 7) is 6.03. The number of hydrogen-bond acceptors (Lipinski definition) is 6. The first kappa shape index (κ1) is 21.8. The van der Waals surface area contributed by atoms with Crippen molar-refractivity contribution < 1.29 is 4.39 Å². The van der Waals surface area contributed by atoms with E-state index in [9.17, 15) is 9.18 Å². The van der Waals surface area contributed by atoms with E-state index in [1.807, 2.05) is 10.9 Å². The van der Waals surface area contributed by atoms with E-state index in [0.717, 1.165) is 37.4 Å². The largest absolute Gasteiger partial charge is 0.299 e. The topological polar surface area (TPSA) is 92.1 Å². The van der Waals surface area contributed by atoms with Gasteiger partial charge in [0.15, 0.2) is 0 Å². The van der Waals surface area contributed by atoms with Gasteiger partial charge in [-0.2, -0.15) is 10.2 Å². The Hall–Kier alpha value is -3.72. The number of hydrogen-bond donors (Lipinski definition) is 1. The maximum atomic E-state index is 14.4. The number of aromatic amines is 1. The zero-order chi connectivity index (χ0) is 23.9. The van der Waals surface area contributed by atoms with Crippen molar-refractivity contribution in [3.05, 3.63) is 81.5 Å². The Morgan fingerprint density at radius 2 is 2.00 bits per heavy atom. The normalized spacial score (nSPS) is 19.6. The lowest BCUT2D eigenvalue weighted by atomic mass is 9.82. The van der Waals surface area contributed by atoms with Gasteiger partial charge in [0.25, 0.3) is 5.56 Å². The first-order chi connectivity index (χ1) is 17.1. The summed E-state index contributed by atoms with van der Waals surface area (Å²) in [7, 11) is 0. The van der Waals surface area contributed by atoms with Gasteiger partial charge < -0.3 is 0 Å². The van der Waals surface area contributed by atoms with Crippen molar-refractivity contribution in [2.75, 3.05) is 13.1 Å². The van der Waals surface area contributed by atoms with Gasteiger partial charge in [0, 0.05) is 36.7 Å². The second kappa shape index (κ2) is 8.81. The lowest BCUT2D eigenvalue weighted by Gasteiger charge is -2.30. The number of aromatic nitrogens is 5. The van der Waals surface area contributed by atoms with Gasteiger partial charge in [-0.05, 0) is 43.1 Å². The molecule has 0 amide bonds. The Morgan fingerprint density at radius 1 is 1.17 bits per heavy atom. The van der Waals surface area contributed by atoms with Crippen molar-refractivity contribution >= 4 is 22.7 Å². The molecule has 1 N–H and O–H groups in total. The highest BCUT2D eigenvalue weighted by Crippen LogP contribution is 2.43. The molecule has 0 spiro atoms. The second-order valence-electron chi connectivity index (χ2n) is 9.28. The summed E-state index contributed by atoms with van der Waals surface area (Å²) >= 11 is 0. The van der Waals surface area contributed by atoms with Gasteiger partial charge in [-0.15, -0.1) is 0 Å². The van der Waals surface area contributed by atoms with Crippen LogP contribution in [0.5, 0.6) is 0 Å². The zero-order valence-electron chi connectivity index (χ0n) is 19.5. The van der Waals surface area contributed by atoms with Crippen LogP contribution in [0, 0.1) is 5.82 Å². The first-order valence-corrected chi connectivity index (χ1v) is 12.1. The van der Waals surface area contributed by atoms with Crippen LogP contribution in [-0.2, 0) is 13.1 Å². The van der Waals surface area contributed by atoms with Crippen molar-refractivity contribution in [3.8, 4) is 0 Å². The van der Waals surface area contributed by atoms with Gasteiger partial charge in [-0.3, -0.25) is 14.7 Å². The Balaban J connectivity index is 1.52. The maximum absolute atomic E-state index is 14.4. The van der Waals surface area contributed by atoms with Crippen molar-refractivity contribution in [2.24, 2.45) is 4.99 Å². The van der Waals surface area contributed by atoms with Crippen LogP contribution in [-0.4, -0.2) is 49.2 Å². The average Bonchev–Trinajstić information content (AvgIpc) is 3.21. The van der Waals surface area contributed by atoms with Crippen LogP contribution in [0.2, 0.25) is 0 Å². The molecular formula is C26H26FN7O. The predicted octanol–water partition coefficient (Wildman–Crippen LogP) is 3.90. The van der Waals surface area contributed by atoms with Crippen molar-refractivity contribution in [1.82, 2.24) is 29.9 Å². The Morgan fingerprint density at radius 3 is 2.74 bits per heavy atom. The second-order valence-corrected chi connectivity index (χ2v) is 9.28. The van der Waals surface area contributed by atoms with Crippen LogP contribution in [0.15, 0.2) is 52.5 Å². The molecule has 2 aliphatic rings. The molecule has 1 fully saturated rings. The van der Waals surface area contributed by atoms with Crippen molar-refractivity contribution in [3.63, 3.8) is 0 Å². The van der Waals surface area contributed by atoms with Gasteiger partial charge >= 0.3 is 0 Å². The van der Waals surface area contributed by atoms with E-state index in [1.165, 1.54) is 24.1 Å². The van der Waals surface area contributed by atoms with Gasteiger partial charge in [0.1, 0.15) is 18.0 Å². The number of halogens is 1. The number of nitrogens with one attached hydrogen (secondary N) is 1. The van der Waals surface area contributed by atoms with E-state index in [-0.39, 0.29) is 17.2 Å². The SMILES string of the molecule is CCCn1ncnc1C1c2n[nH]c(=O)c3cc(F)cc(c23)N=CC1c1ccc(CN2CCC2)cc1. The van der Waals surface area contributed by atoms with E-state index in [1.54, 1.807) is 6.33 Å². The summed E-state index contributed by atoms with van der Waals surface area (Å²) in [4.78, 5) is 24.3. The minimum absolute atomic E-state index is 0.232. The fourth-order valence-electron chi connectivity index (χ4n) is 5.11. The van der Waals surface area contributed by atoms with E-state index >= 15 is 0 Å². The third-order valence-electron chi connectivity index (χ3n) is 6.97. The summed E-state index contributed by atoms with van der Waals surface area (Å²) in [6.07, 6.45) is 5.54. The number of aryl methyl sites for hydroxylation is 1. The number of rotatable bonds is 6. The maximum Gasteiger partial charge on any atom is 0.272 e. The Labute approximate surface area is 201 Å². The molecule has 35 heavy (non-hydrogen) atoms. The molecule has 0 saturated carbocycles. The molecule has 2 aromatic heterocycles. The predicted molar refractivity (Wildman–Crippen MR) is 132 cm³/mol. The first-order valence-electron chi connectivity index (χ1n) is 12.1. The Kier molecular flexibility index (Phi) is 5.49. The molecule has 2 aromatic carbocycles. The molecule has 4 aromatic rings. The lowest BCUT2D eigenvalue weighted by Crippen LogP contribution is -2.36. The van der Waals surface area contributed by atoms with Crippen LogP contribution >= 0.6 is 0 Å². The summed E-state index contributed by atoms with van der Waals surface area (Å²) in [6, 6.07) is 11.2. The number of aliphatic imine (C=N–C) groups is 1. The molecule has 0 aliphatic carbocycles.